The van der Waals surface area contributed by atoms with Gasteiger partial charge in [0.1, 0.15) is 49.4 Å². The quantitative estimate of drug-likeness (QED) is 0.211. The molecule has 4 aromatic rings. The minimum atomic E-state index is -0.295. The summed E-state index contributed by atoms with van der Waals surface area (Å²) in [6.07, 6.45) is 0. The van der Waals surface area contributed by atoms with Crippen molar-refractivity contribution in [2.45, 2.75) is 0 Å². The Morgan fingerprint density at radius 2 is 0.800 bits per heavy atom. The van der Waals surface area contributed by atoms with Crippen molar-refractivity contribution >= 4 is 11.8 Å². The molecule has 0 unspecified atom stereocenters. The standard InChI is InChI=1S/C32H32N2O6/c35-31(27-15-7-9-17-29(27)39-23-21-37-25-11-3-1-4-12-25)33-19-20-34-32(36)28-16-8-10-18-30(28)40-24-22-38-26-13-5-2-6-14-26/h1-18H,19-24H2,(H,33,35)(H,34,36). The molecule has 2 amide bonds. The third-order valence-corrected chi connectivity index (χ3v) is 5.67. The lowest BCUT2D eigenvalue weighted by Gasteiger charge is -2.14. The van der Waals surface area contributed by atoms with Crippen LogP contribution in [-0.4, -0.2) is 51.3 Å². The molecule has 2 N–H and O–H groups in total. The Morgan fingerprint density at radius 1 is 0.450 bits per heavy atom. The van der Waals surface area contributed by atoms with E-state index in [1.54, 1.807) is 48.5 Å². The molecule has 8 heteroatoms. The second-order valence-corrected chi connectivity index (χ2v) is 8.52. The highest BCUT2D eigenvalue weighted by Gasteiger charge is 2.14. The zero-order valence-corrected chi connectivity index (χ0v) is 22.1. The van der Waals surface area contributed by atoms with Crippen LogP contribution in [0.2, 0.25) is 0 Å². The molecule has 206 valence electrons. The summed E-state index contributed by atoms with van der Waals surface area (Å²) in [5.74, 6) is 1.84. The van der Waals surface area contributed by atoms with Crippen LogP contribution in [0.5, 0.6) is 23.0 Å². The first-order valence-corrected chi connectivity index (χ1v) is 13.1. The van der Waals surface area contributed by atoms with E-state index >= 15 is 0 Å². The Bertz CT molecular complexity index is 1240. The molecule has 8 nitrogen and oxygen atoms in total. The van der Waals surface area contributed by atoms with Gasteiger partial charge in [-0.1, -0.05) is 60.7 Å². The number of benzene rings is 4. The van der Waals surface area contributed by atoms with Gasteiger partial charge in [0.2, 0.25) is 0 Å². The molecule has 4 aromatic carbocycles. The molecule has 0 aliphatic heterocycles. The topological polar surface area (TPSA) is 95.1 Å². The number of para-hydroxylation sites is 4. The van der Waals surface area contributed by atoms with Gasteiger partial charge in [-0.15, -0.1) is 0 Å². The molecular weight excluding hydrogens is 508 g/mol. The molecule has 0 aliphatic carbocycles. The van der Waals surface area contributed by atoms with Crippen molar-refractivity contribution in [3.63, 3.8) is 0 Å². The Balaban J connectivity index is 1.19. The van der Waals surface area contributed by atoms with Gasteiger partial charge in [0.15, 0.2) is 0 Å². The van der Waals surface area contributed by atoms with Crippen molar-refractivity contribution in [2.75, 3.05) is 39.5 Å². The summed E-state index contributed by atoms with van der Waals surface area (Å²) in [4.78, 5) is 25.5. The van der Waals surface area contributed by atoms with Crippen LogP contribution in [0, 0.1) is 0 Å². The summed E-state index contributed by atoms with van der Waals surface area (Å²) < 4.78 is 22.8. The molecule has 4 rings (SSSR count). The average Bonchev–Trinajstić information content (AvgIpc) is 3.01. The predicted molar refractivity (Wildman–Crippen MR) is 152 cm³/mol. The van der Waals surface area contributed by atoms with E-state index in [9.17, 15) is 9.59 Å². The number of nitrogens with one attached hydrogen (secondary N) is 2. The fraction of sp³-hybridized carbons (Fsp3) is 0.188. The summed E-state index contributed by atoms with van der Waals surface area (Å²) in [7, 11) is 0. The van der Waals surface area contributed by atoms with Gasteiger partial charge >= 0.3 is 0 Å². The SMILES string of the molecule is O=C(NCCNC(=O)c1ccccc1OCCOc1ccccc1)c1ccccc1OCCOc1ccccc1. The molecule has 0 spiro atoms. The second kappa shape index (κ2) is 15.4. The lowest BCUT2D eigenvalue weighted by atomic mass is 10.2. The van der Waals surface area contributed by atoms with Crippen LogP contribution in [0.1, 0.15) is 20.7 Å². The molecule has 0 atom stereocenters. The molecular formula is C32H32N2O6. The van der Waals surface area contributed by atoms with Crippen molar-refractivity contribution in [1.29, 1.82) is 0 Å². The van der Waals surface area contributed by atoms with Crippen molar-refractivity contribution in [3.8, 4) is 23.0 Å². The maximum Gasteiger partial charge on any atom is 0.255 e. The second-order valence-electron chi connectivity index (χ2n) is 8.52. The maximum absolute atomic E-state index is 12.8. The highest BCUT2D eigenvalue weighted by molar-refractivity contribution is 5.98. The molecule has 0 aromatic heterocycles. The minimum absolute atomic E-state index is 0.240. The number of rotatable bonds is 15. The smallest absolute Gasteiger partial charge is 0.255 e. The summed E-state index contributed by atoms with van der Waals surface area (Å²) in [5, 5.41) is 5.64. The third kappa shape index (κ3) is 8.80. The van der Waals surface area contributed by atoms with Crippen LogP contribution < -0.4 is 29.6 Å². The minimum Gasteiger partial charge on any atom is -0.490 e. The molecule has 40 heavy (non-hydrogen) atoms. The van der Waals surface area contributed by atoms with E-state index in [0.29, 0.717) is 35.8 Å². The van der Waals surface area contributed by atoms with Crippen LogP contribution in [-0.2, 0) is 0 Å². The average molecular weight is 541 g/mol. The van der Waals surface area contributed by atoms with Crippen molar-refractivity contribution in [2.24, 2.45) is 0 Å². The van der Waals surface area contributed by atoms with Crippen LogP contribution in [0.15, 0.2) is 109 Å². The van der Waals surface area contributed by atoms with Gasteiger partial charge in [0.25, 0.3) is 11.8 Å². The van der Waals surface area contributed by atoms with E-state index in [2.05, 4.69) is 10.6 Å². The first kappa shape index (κ1) is 28.0. The van der Waals surface area contributed by atoms with E-state index in [4.69, 9.17) is 18.9 Å². The number of carbonyl (C=O) groups excluding carboxylic acids is 2. The lowest BCUT2D eigenvalue weighted by molar-refractivity contribution is 0.0922. The van der Waals surface area contributed by atoms with Crippen LogP contribution in [0.3, 0.4) is 0 Å². The van der Waals surface area contributed by atoms with Gasteiger partial charge in [0, 0.05) is 13.1 Å². The summed E-state index contributed by atoms with van der Waals surface area (Å²) in [5.41, 5.74) is 0.815. The molecule has 0 bridgehead atoms. The van der Waals surface area contributed by atoms with Gasteiger partial charge < -0.3 is 29.6 Å². The Kier molecular flexibility index (Phi) is 10.8. The van der Waals surface area contributed by atoms with Crippen molar-refractivity contribution < 1.29 is 28.5 Å². The van der Waals surface area contributed by atoms with Gasteiger partial charge in [-0.3, -0.25) is 9.59 Å². The molecule has 0 saturated heterocycles. The van der Waals surface area contributed by atoms with E-state index in [1.807, 2.05) is 60.7 Å². The zero-order valence-electron chi connectivity index (χ0n) is 22.1. The van der Waals surface area contributed by atoms with Gasteiger partial charge in [0.05, 0.1) is 11.1 Å². The predicted octanol–water partition coefficient (Wildman–Crippen LogP) is 4.76. The fourth-order valence-electron chi connectivity index (χ4n) is 3.76. The number of hydrogen-bond acceptors (Lipinski definition) is 6. The lowest BCUT2D eigenvalue weighted by Crippen LogP contribution is -2.35. The molecule has 0 fully saturated rings. The summed E-state index contributed by atoms with van der Waals surface area (Å²) in [6, 6.07) is 32.9. The normalized spacial score (nSPS) is 10.3. The number of carbonyl (C=O) groups is 2. The first-order valence-electron chi connectivity index (χ1n) is 13.1. The molecule has 0 heterocycles. The zero-order chi connectivity index (χ0) is 27.8. The van der Waals surface area contributed by atoms with Gasteiger partial charge in [-0.05, 0) is 48.5 Å². The van der Waals surface area contributed by atoms with E-state index in [1.165, 1.54) is 0 Å². The van der Waals surface area contributed by atoms with Crippen LogP contribution in [0.25, 0.3) is 0 Å². The van der Waals surface area contributed by atoms with Crippen molar-refractivity contribution in [3.05, 3.63) is 120 Å². The summed E-state index contributed by atoms with van der Waals surface area (Å²) >= 11 is 0. The Morgan fingerprint density at radius 3 is 1.23 bits per heavy atom. The van der Waals surface area contributed by atoms with Gasteiger partial charge in [-0.25, -0.2) is 0 Å². The monoisotopic (exact) mass is 540 g/mol. The molecule has 0 radical (unpaired) electrons. The summed E-state index contributed by atoms with van der Waals surface area (Å²) in [6.45, 7) is 1.74. The Labute approximate surface area is 233 Å². The fourth-order valence-corrected chi connectivity index (χ4v) is 3.76. The molecule has 0 aliphatic rings. The van der Waals surface area contributed by atoms with Crippen LogP contribution in [0.4, 0.5) is 0 Å². The highest BCUT2D eigenvalue weighted by Crippen LogP contribution is 2.19. The largest absolute Gasteiger partial charge is 0.490 e. The maximum atomic E-state index is 12.8. The molecule has 0 saturated carbocycles. The number of amides is 2. The van der Waals surface area contributed by atoms with E-state index in [0.717, 1.165) is 11.5 Å². The first-order chi connectivity index (χ1) is 19.7. The highest BCUT2D eigenvalue weighted by atomic mass is 16.5. The van der Waals surface area contributed by atoms with Gasteiger partial charge in [-0.2, -0.15) is 0 Å². The van der Waals surface area contributed by atoms with E-state index in [-0.39, 0.29) is 38.1 Å². The Hall–Kier alpha value is -4.98. The number of hydrogen-bond donors (Lipinski definition) is 2. The van der Waals surface area contributed by atoms with Crippen molar-refractivity contribution in [1.82, 2.24) is 10.6 Å². The van der Waals surface area contributed by atoms with E-state index < -0.39 is 0 Å². The number of ether oxygens (including phenoxy) is 4. The third-order valence-electron chi connectivity index (χ3n) is 5.67. The van der Waals surface area contributed by atoms with Crippen LogP contribution >= 0.6 is 0 Å².